The number of fused-ring (bicyclic) bond motifs is 1. The molecule has 0 amide bonds. The molecule has 5 heteroatoms. The molecule has 0 saturated carbocycles. The fourth-order valence-corrected chi connectivity index (χ4v) is 1.39. The first-order chi connectivity index (χ1) is 8.20. The molecule has 0 spiro atoms. The molecule has 0 fully saturated rings. The van der Waals surface area contributed by atoms with Gasteiger partial charge in [-0.3, -0.25) is 0 Å². The number of ether oxygens (including phenoxy) is 2. The number of benzene rings is 1. The molecule has 0 N–H and O–H groups in total. The van der Waals surface area contributed by atoms with E-state index >= 15 is 0 Å². The van der Waals surface area contributed by atoms with E-state index in [1.54, 1.807) is 31.2 Å². The summed E-state index contributed by atoms with van der Waals surface area (Å²) >= 11 is 0. The Hall–Kier alpha value is -2.30. The van der Waals surface area contributed by atoms with E-state index in [1.165, 1.54) is 6.07 Å². The molecule has 1 aromatic carbocycles. The zero-order valence-electron chi connectivity index (χ0n) is 9.14. The van der Waals surface area contributed by atoms with Gasteiger partial charge in [-0.25, -0.2) is 9.59 Å². The van der Waals surface area contributed by atoms with Crippen LogP contribution in [0.4, 0.5) is 4.79 Å². The lowest BCUT2D eigenvalue weighted by Gasteiger charge is -2.03. The smallest absolute Gasteiger partial charge is 0.434 e. The third-order valence-electron chi connectivity index (χ3n) is 2.09. The van der Waals surface area contributed by atoms with Gasteiger partial charge in [0.05, 0.1) is 12.0 Å². The molecule has 1 heterocycles. The average molecular weight is 234 g/mol. The second-order valence-electron chi connectivity index (χ2n) is 3.23. The zero-order chi connectivity index (χ0) is 12.3. The van der Waals surface area contributed by atoms with E-state index in [4.69, 9.17) is 9.15 Å². The summed E-state index contributed by atoms with van der Waals surface area (Å²) < 4.78 is 14.1. The van der Waals surface area contributed by atoms with Crippen molar-refractivity contribution in [3.05, 3.63) is 40.8 Å². The van der Waals surface area contributed by atoms with Gasteiger partial charge in [0.1, 0.15) is 0 Å². The van der Waals surface area contributed by atoms with Crippen LogP contribution in [0.25, 0.3) is 10.8 Å². The highest BCUT2D eigenvalue weighted by Gasteiger charge is 2.09. The molecule has 17 heavy (non-hydrogen) atoms. The Labute approximate surface area is 96.6 Å². The van der Waals surface area contributed by atoms with Crippen LogP contribution in [-0.2, 0) is 4.74 Å². The SMILES string of the molecule is CCOC(=O)Oc1cc2ccccc2c(=O)o1. The molecule has 0 atom stereocenters. The minimum absolute atomic E-state index is 0.174. The van der Waals surface area contributed by atoms with Crippen molar-refractivity contribution >= 4 is 16.9 Å². The van der Waals surface area contributed by atoms with Gasteiger partial charge < -0.3 is 13.9 Å². The molecular weight excluding hydrogens is 224 g/mol. The van der Waals surface area contributed by atoms with Crippen LogP contribution in [0.5, 0.6) is 5.95 Å². The largest absolute Gasteiger partial charge is 0.516 e. The Bertz CT molecular complexity index is 599. The van der Waals surface area contributed by atoms with E-state index in [2.05, 4.69) is 4.74 Å². The summed E-state index contributed by atoms with van der Waals surface area (Å²) in [7, 11) is 0. The average Bonchev–Trinajstić information content (AvgIpc) is 2.29. The van der Waals surface area contributed by atoms with E-state index in [0.29, 0.717) is 10.8 Å². The van der Waals surface area contributed by atoms with Crippen LogP contribution in [0.2, 0.25) is 0 Å². The minimum atomic E-state index is -0.897. The molecule has 0 aliphatic carbocycles. The maximum atomic E-state index is 11.5. The van der Waals surface area contributed by atoms with Crippen molar-refractivity contribution in [2.45, 2.75) is 6.92 Å². The highest BCUT2D eigenvalue weighted by atomic mass is 16.8. The second kappa shape index (κ2) is 4.69. The molecule has 5 nitrogen and oxygen atoms in total. The number of hydrogen-bond donors (Lipinski definition) is 0. The standard InChI is InChI=1S/C12H10O5/c1-2-15-12(14)17-10-7-8-5-3-4-6-9(8)11(13)16-10/h3-7H,2H2,1H3. The quantitative estimate of drug-likeness (QED) is 0.746. The van der Waals surface area contributed by atoms with E-state index in [0.717, 1.165) is 0 Å². The first kappa shape index (κ1) is 11.2. The molecule has 0 saturated heterocycles. The van der Waals surface area contributed by atoms with Crippen LogP contribution >= 0.6 is 0 Å². The highest BCUT2D eigenvalue weighted by Crippen LogP contribution is 2.17. The Morgan fingerprint density at radius 2 is 2.12 bits per heavy atom. The molecular formula is C12H10O5. The van der Waals surface area contributed by atoms with Crippen LogP contribution in [0.3, 0.4) is 0 Å². The summed E-state index contributed by atoms with van der Waals surface area (Å²) in [5.74, 6) is -0.174. The lowest BCUT2D eigenvalue weighted by molar-refractivity contribution is 0.0936. The molecule has 0 bridgehead atoms. The topological polar surface area (TPSA) is 65.7 Å². The van der Waals surface area contributed by atoms with Gasteiger partial charge in [0.25, 0.3) is 5.95 Å². The van der Waals surface area contributed by atoms with Gasteiger partial charge in [0, 0.05) is 6.07 Å². The zero-order valence-corrected chi connectivity index (χ0v) is 9.14. The van der Waals surface area contributed by atoms with Gasteiger partial charge >= 0.3 is 11.8 Å². The third kappa shape index (κ3) is 2.44. The molecule has 0 unspecified atom stereocenters. The molecule has 0 aliphatic heterocycles. The maximum Gasteiger partial charge on any atom is 0.516 e. The van der Waals surface area contributed by atoms with Gasteiger partial charge in [-0.15, -0.1) is 0 Å². The van der Waals surface area contributed by atoms with E-state index < -0.39 is 11.8 Å². The lowest BCUT2D eigenvalue weighted by Crippen LogP contribution is -2.11. The lowest BCUT2D eigenvalue weighted by atomic mass is 10.2. The highest BCUT2D eigenvalue weighted by molar-refractivity contribution is 5.82. The maximum absolute atomic E-state index is 11.5. The van der Waals surface area contributed by atoms with Crippen molar-refractivity contribution in [1.82, 2.24) is 0 Å². The molecule has 1 aromatic heterocycles. The van der Waals surface area contributed by atoms with Crippen LogP contribution in [0.1, 0.15) is 6.92 Å². The van der Waals surface area contributed by atoms with E-state index in [9.17, 15) is 9.59 Å². The molecule has 2 rings (SSSR count). The fourth-order valence-electron chi connectivity index (χ4n) is 1.39. The predicted molar refractivity (Wildman–Crippen MR) is 60.1 cm³/mol. The molecule has 0 radical (unpaired) electrons. The summed E-state index contributed by atoms with van der Waals surface area (Å²) in [4.78, 5) is 22.6. The van der Waals surface area contributed by atoms with Gasteiger partial charge in [0.15, 0.2) is 0 Å². The van der Waals surface area contributed by atoms with E-state index in [-0.39, 0.29) is 12.6 Å². The van der Waals surface area contributed by atoms with Crippen LogP contribution in [0.15, 0.2) is 39.5 Å². The fraction of sp³-hybridized carbons (Fsp3) is 0.167. The number of carbonyl (C=O) groups is 1. The van der Waals surface area contributed by atoms with Gasteiger partial charge in [0.2, 0.25) is 0 Å². The molecule has 2 aromatic rings. The van der Waals surface area contributed by atoms with Gasteiger partial charge in [-0.05, 0) is 18.4 Å². The summed E-state index contributed by atoms with van der Waals surface area (Å²) in [5.41, 5.74) is -0.553. The van der Waals surface area contributed by atoms with Crippen molar-refractivity contribution in [3.8, 4) is 5.95 Å². The second-order valence-corrected chi connectivity index (χ2v) is 3.23. The van der Waals surface area contributed by atoms with Crippen LogP contribution < -0.4 is 10.4 Å². The predicted octanol–water partition coefficient (Wildman–Crippen LogP) is 2.33. The number of hydrogen-bond acceptors (Lipinski definition) is 5. The first-order valence-corrected chi connectivity index (χ1v) is 5.08. The van der Waals surface area contributed by atoms with Crippen LogP contribution in [0, 0.1) is 0 Å². The summed E-state index contributed by atoms with van der Waals surface area (Å²) in [5, 5.41) is 1.08. The Morgan fingerprint density at radius 3 is 2.88 bits per heavy atom. The number of rotatable bonds is 2. The van der Waals surface area contributed by atoms with Crippen molar-refractivity contribution < 1.29 is 18.7 Å². The molecule has 88 valence electrons. The summed E-state index contributed by atoms with van der Waals surface area (Å²) in [6, 6.07) is 8.33. The normalized spacial score (nSPS) is 10.2. The summed E-state index contributed by atoms with van der Waals surface area (Å²) in [6.45, 7) is 1.84. The third-order valence-corrected chi connectivity index (χ3v) is 2.09. The minimum Gasteiger partial charge on any atom is -0.434 e. The monoisotopic (exact) mass is 234 g/mol. The number of carbonyl (C=O) groups excluding carboxylic acids is 1. The summed E-state index contributed by atoms with van der Waals surface area (Å²) in [6.07, 6.45) is -0.897. The van der Waals surface area contributed by atoms with Gasteiger partial charge in [-0.2, -0.15) is 0 Å². The Kier molecular flexibility index (Phi) is 3.09. The van der Waals surface area contributed by atoms with Crippen LogP contribution in [-0.4, -0.2) is 12.8 Å². The van der Waals surface area contributed by atoms with Crippen molar-refractivity contribution in [2.75, 3.05) is 6.61 Å². The first-order valence-electron chi connectivity index (χ1n) is 5.08. The Balaban J connectivity index is 2.37. The van der Waals surface area contributed by atoms with Crippen molar-refractivity contribution in [1.29, 1.82) is 0 Å². The van der Waals surface area contributed by atoms with Crippen molar-refractivity contribution in [3.63, 3.8) is 0 Å². The Morgan fingerprint density at radius 1 is 1.35 bits per heavy atom. The molecule has 0 aliphatic rings. The van der Waals surface area contributed by atoms with Gasteiger partial charge in [-0.1, -0.05) is 18.2 Å². The van der Waals surface area contributed by atoms with Crippen molar-refractivity contribution in [2.24, 2.45) is 0 Å². The van der Waals surface area contributed by atoms with E-state index in [1.807, 2.05) is 0 Å².